The Morgan fingerprint density at radius 3 is 2.96 bits per heavy atom. The van der Waals surface area contributed by atoms with E-state index in [0.717, 1.165) is 40.0 Å². The summed E-state index contributed by atoms with van der Waals surface area (Å²) in [5.74, 6) is -0.245. The number of anilines is 2. The lowest BCUT2D eigenvalue weighted by Crippen LogP contribution is -2.11. The van der Waals surface area contributed by atoms with Gasteiger partial charge in [-0.25, -0.2) is 9.97 Å². The number of rotatable bonds is 3. The molecule has 8 heteroatoms. The molecule has 1 aliphatic carbocycles. The van der Waals surface area contributed by atoms with Gasteiger partial charge in [-0.3, -0.25) is 15.1 Å². The number of hydrogen-bond donors (Lipinski definition) is 2. The quantitative estimate of drug-likeness (QED) is 0.520. The van der Waals surface area contributed by atoms with Gasteiger partial charge >= 0.3 is 0 Å². The van der Waals surface area contributed by atoms with Gasteiger partial charge in [0.2, 0.25) is 0 Å². The zero-order valence-corrected chi connectivity index (χ0v) is 16.6. The van der Waals surface area contributed by atoms with E-state index in [2.05, 4.69) is 21.4 Å². The Labute approximate surface area is 169 Å². The van der Waals surface area contributed by atoms with Crippen molar-refractivity contribution >= 4 is 49.6 Å². The van der Waals surface area contributed by atoms with Crippen LogP contribution in [0.25, 0.3) is 21.5 Å². The summed E-state index contributed by atoms with van der Waals surface area (Å²) >= 11 is 2.72. The van der Waals surface area contributed by atoms with Gasteiger partial charge in [0.25, 0.3) is 5.91 Å². The zero-order valence-electron chi connectivity index (χ0n) is 14.9. The number of thiazole rings is 1. The Morgan fingerprint density at radius 2 is 2.11 bits per heavy atom. The van der Waals surface area contributed by atoms with Crippen molar-refractivity contribution in [3.8, 4) is 11.3 Å². The van der Waals surface area contributed by atoms with Crippen molar-refractivity contribution in [2.45, 2.75) is 25.7 Å². The highest BCUT2D eigenvalue weighted by Crippen LogP contribution is 2.36. The summed E-state index contributed by atoms with van der Waals surface area (Å²) in [6, 6.07) is 5.91. The van der Waals surface area contributed by atoms with Gasteiger partial charge in [0, 0.05) is 34.4 Å². The zero-order chi connectivity index (χ0) is 19.1. The van der Waals surface area contributed by atoms with E-state index in [9.17, 15) is 4.79 Å². The van der Waals surface area contributed by atoms with E-state index in [1.165, 1.54) is 41.1 Å². The monoisotopic (exact) mass is 407 g/mol. The number of carbonyl (C=O) groups excluding carboxylic acids is 1. The molecule has 0 bridgehead atoms. The number of aryl methyl sites for hydroxylation is 2. The SMILES string of the molecule is Nc1c(C(=O)Nc2nc(-c3cccnc3)cs2)sc2nc3c(cc12)CCCC3. The highest BCUT2D eigenvalue weighted by Gasteiger charge is 2.21. The Bertz CT molecular complexity index is 1180. The maximum absolute atomic E-state index is 12.8. The average Bonchev–Trinajstić information content (AvgIpc) is 3.32. The lowest BCUT2D eigenvalue weighted by Gasteiger charge is -2.14. The molecule has 0 unspecified atom stereocenters. The molecule has 0 fully saturated rings. The fourth-order valence-corrected chi connectivity index (χ4v) is 5.17. The molecule has 5 rings (SSSR count). The second-order valence-electron chi connectivity index (χ2n) is 6.73. The lowest BCUT2D eigenvalue weighted by molar-refractivity contribution is 0.103. The Kier molecular flexibility index (Phi) is 4.29. The first-order chi connectivity index (χ1) is 13.7. The third kappa shape index (κ3) is 3.04. The molecule has 0 saturated heterocycles. The third-order valence-corrected chi connectivity index (χ3v) is 6.76. The first-order valence-electron chi connectivity index (χ1n) is 9.07. The summed E-state index contributed by atoms with van der Waals surface area (Å²) in [6.45, 7) is 0. The first-order valence-corrected chi connectivity index (χ1v) is 10.8. The fourth-order valence-electron chi connectivity index (χ4n) is 3.46. The predicted octanol–water partition coefficient (Wildman–Crippen LogP) is 4.53. The van der Waals surface area contributed by atoms with Crippen LogP contribution in [0.3, 0.4) is 0 Å². The van der Waals surface area contributed by atoms with E-state index in [4.69, 9.17) is 10.7 Å². The van der Waals surface area contributed by atoms with Gasteiger partial charge in [-0.15, -0.1) is 22.7 Å². The minimum absolute atomic E-state index is 0.245. The lowest BCUT2D eigenvalue weighted by atomic mass is 9.95. The molecule has 4 aromatic heterocycles. The normalized spacial score (nSPS) is 13.4. The van der Waals surface area contributed by atoms with Gasteiger partial charge in [0.05, 0.1) is 11.4 Å². The molecular formula is C20H17N5OS2. The second kappa shape index (κ2) is 6.96. The van der Waals surface area contributed by atoms with Crippen LogP contribution in [-0.2, 0) is 12.8 Å². The Balaban J connectivity index is 1.43. The molecular weight excluding hydrogens is 390 g/mol. The van der Waals surface area contributed by atoms with Crippen molar-refractivity contribution < 1.29 is 4.79 Å². The highest BCUT2D eigenvalue weighted by molar-refractivity contribution is 7.21. The number of nitrogens with one attached hydrogen (secondary N) is 1. The van der Waals surface area contributed by atoms with Crippen molar-refractivity contribution in [2.24, 2.45) is 0 Å². The average molecular weight is 408 g/mol. The molecule has 0 saturated carbocycles. The number of amides is 1. The fraction of sp³-hybridized carbons (Fsp3) is 0.200. The van der Waals surface area contributed by atoms with E-state index < -0.39 is 0 Å². The molecule has 1 amide bonds. The molecule has 0 atom stereocenters. The minimum atomic E-state index is -0.245. The molecule has 0 aliphatic heterocycles. The highest BCUT2D eigenvalue weighted by atomic mass is 32.1. The van der Waals surface area contributed by atoms with Gasteiger partial charge in [-0.1, -0.05) is 0 Å². The molecule has 4 aromatic rings. The Morgan fingerprint density at radius 1 is 1.21 bits per heavy atom. The van der Waals surface area contributed by atoms with Crippen LogP contribution in [0.5, 0.6) is 0 Å². The maximum atomic E-state index is 12.8. The summed E-state index contributed by atoms with van der Waals surface area (Å²) in [5.41, 5.74) is 10.9. The number of nitrogen functional groups attached to an aromatic ring is 1. The number of thiophene rings is 1. The van der Waals surface area contributed by atoms with E-state index in [1.54, 1.807) is 12.4 Å². The van der Waals surface area contributed by atoms with Gasteiger partial charge in [0.15, 0.2) is 5.13 Å². The summed E-state index contributed by atoms with van der Waals surface area (Å²) < 4.78 is 0. The molecule has 0 aromatic carbocycles. The first kappa shape index (κ1) is 17.3. The number of fused-ring (bicyclic) bond motifs is 2. The van der Waals surface area contributed by atoms with Crippen LogP contribution < -0.4 is 11.1 Å². The van der Waals surface area contributed by atoms with Crippen LogP contribution in [0.4, 0.5) is 10.8 Å². The molecule has 6 nitrogen and oxygen atoms in total. The topological polar surface area (TPSA) is 93.8 Å². The Hall–Kier alpha value is -2.84. The van der Waals surface area contributed by atoms with Gasteiger partial charge in [0.1, 0.15) is 9.71 Å². The second-order valence-corrected chi connectivity index (χ2v) is 8.59. The van der Waals surface area contributed by atoms with Crippen molar-refractivity contribution in [1.82, 2.24) is 15.0 Å². The summed E-state index contributed by atoms with van der Waals surface area (Å²) in [5, 5.41) is 6.19. The summed E-state index contributed by atoms with van der Waals surface area (Å²) in [6.07, 6.45) is 7.85. The van der Waals surface area contributed by atoms with E-state index in [0.29, 0.717) is 15.7 Å². The van der Waals surface area contributed by atoms with Crippen LogP contribution in [0.2, 0.25) is 0 Å². The standard InChI is InChI=1S/C20H17N5OS2/c21-16-13-8-11-4-1-2-6-14(11)23-19(13)28-17(16)18(26)25-20-24-15(10-27-20)12-5-3-7-22-9-12/h3,5,7-10H,1-2,4,6,21H2,(H,24,25,26). The maximum Gasteiger partial charge on any atom is 0.269 e. The van der Waals surface area contributed by atoms with Crippen molar-refractivity contribution in [3.05, 3.63) is 52.1 Å². The minimum Gasteiger partial charge on any atom is -0.397 e. The van der Waals surface area contributed by atoms with Crippen molar-refractivity contribution in [1.29, 1.82) is 0 Å². The number of nitrogens with two attached hydrogens (primary N) is 1. The number of aromatic nitrogens is 3. The van der Waals surface area contributed by atoms with Crippen LogP contribution in [0.15, 0.2) is 36.0 Å². The summed E-state index contributed by atoms with van der Waals surface area (Å²) in [7, 11) is 0. The number of pyridine rings is 2. The summed E-state index contributed by atoms with van der Waals surface area (Å²) in [4.78, 5) is 27.5. The molecule has 0 radical (unpaired) electrons. The molecule has 3 N–H and O–H groups in total. The molecule has 4 heterocycles. The van der Waals surface area contributed by atoms with Gasteiger partial charge < -0.3 is 5.73 Å². The number of hydrogen-bond acceptors (Lipinski definition) is 7. The van der Waals surface area contributed by atoms with Crippen LogP contribution in [-0.4, -0.2) is 20.9 Å². The van der Waals surface area contributed by atoms with Crippen molar-refractivity contribution in [2.75, 3.05) is 11.1 Å². The molecule has 140 valence electrons. The van der Waals surface area contributed by atoms with Gasteiger partial charge in [-0.05, 0) is 49.4 Å². The van der Waals surface area contributed by atoms with Gasteiger partial charge in [-0.2, -0.15) is 0 Å². The molecule has 1 aliphatic rings. The van der Waals surface area contributed by atoms with E-state index in [1.807, 2.05) is 17.5 Å². The molecule has 28 heavy (non-hydrogen) atoms. The number of carbonyl (C=O) groups is 1. The van der Waals surface area contributed by atoms with E-state index >= 15 is 0 Å². The van der Waals surface area contributed by atoms with Crippen molar-refractivity contribution in [3.63, 3.8) is 0 Å². The number of nitrogens with zero attached hydrogens (tertiary/aromatic N) is 3. The van der Waals surface area contributed by atoms with Crippen LogP contribution in [0, 0.1) is 0 Å². The van der Waals surface area contributed by atoms with Crippen LogP contribution >= 0.6 is 22.7 Å². The third-order valence-electron chi connectivity index (χ3n) is 4.89. The largest absolute Gasteiger partial charge is 0.397 e. The van der Waals surface area contributed by atoms with Crippen LogP contribution in [0.1, 0.15) is 33.8 Å². The van der Waals surface area contributed by atoms with E-state index in [-0.39, 0.29) is 5.91 Å². The predicted molar refractivity (Wildman–Crippen MR) is 114 cm³/mol. The smallest absolute Gasteiger partial charge is 0.269 e. The molecule has 0 spiro atoms.